The molecule has 0 spiro atoms. The highest BCUT2D eigenvalue weighted by molar-refractivity contribution is 14.1. The molecule has 40 heavy (non-hydrogen) atoms. The van der Waals surface area contributed by atoms with Crippen molar-refractivity contribution in [1.29, 1.82) is 5.26 Å². The Balaban J connectivity index is 1.48. The monoisotopic (exact) mass is 658 g/mol. The first-order valence-corrected chi connectivity index (χ1v) is 16.3. The highest BCUT2D eigenvalue weighted by atomic mass is 127. The molecule has 9 atom stereocenters. The Kier molecular flexibility index (Phi) is 6.60. The molecule has 6 nitrogen and oxygen atoms in total. The van der Waals surface area contributed by atoms with E-state index in [4.69, 9.17) is 4.74 Å². The molecule has 6 aliphatic rings. The summed E-state index contributed by atoms with van der Waals surface area (Å²) >= 11 is 2.58. The quantitative estimate of drug-likeness (QED) is 0.261. The van der Waals surface area contributed by atoms with E-state index < -0.39 is 10.8 Å². The average molecular weight is 659 g/mol. The van der Waals surface area contributed by atoms with Crippen molar-refractivity contribution >= 4 is 40.1 Å². The summed E-state index contributed by atoms with van der Waals surface area (Å²) in [5.74, 6) is -0.0153. The predicted molar refractivity (Wildman–Crippen MR) is 160 cm³/mol. The van der Waals surface area contributed by atoms with Crippen molar-refractivity contribution in [2.24, 2.45) is 45.3 Å². The Bertz CT molecular complexity index is 1270. The molecular formula is C33H43IN2O4. The molecule has 0 N–H and O–H groups in total. The summed E-state index contributed by atoms with van der Waals surface area (Å²) in [4.78, 5) is 44.0. The lowest BCUT2D eigenvalue weighted by atomic mass is 9.35. The molecule has 5 aliphatic carbocycles. The van der Waals surface area contributed by atoms with Gasteiger partial charge in [0.25, 0.3) is 0 Å². The second-order valence-electron chi connectivity index (χ2n) is 14.7. The zero-order chi connectivity index (χ0) is 28.9. The number of alkyl halides is 1. The molecule has 1 heterocycles. The Hall–Kier alpha value is -1.53. The summed E-state index contributed by atoms with van der Waals surface area (Å²) in [5, 5.41) is 9.83. The van der Waals surface area contributed by atoms with Gasteiger partial charge in [-0.1, -0.05) is 68.9 Å². The van der Waals surface area contributed by atoms with Gasteiger partial charge in [0.15, 0.2) is 11.6 Å². The molecule has 6 rings (SSSR count). The molecule has 1 saturated heterocycles. The molecule has 0 aromatic heterocycles. The molecule has 1 amide bonds. The number of ether oxygens (including phenoxy) is 1. The van der Waals surface area contributed by atoms with Gasteiger partial charge in [-0.05, 0) is 73.7 Å². The largest absolute Gasteiger partial charge is 0.378 e. The van der Waals surface area contributed by atoms with Crippen LogP contribution in [-0.4, -0.2) is 52.1 Å². The first-order chi connectivity index (χ1) is 18.7. The van der Waals surface area contributed by atoms with E-state index >= 15 is 0 Å². The summed E-state index contributed by atoms with van der Waals surface area (Å²) in [6.07, 6.45) is 10.0. The summed E-state index contributed by atoms with van der Waals surface area (Å²) in [6, 6.07) is 2.17. The second kappa shape index (κ2) is 9.23. The number of amides is 1. The number of rotatable bonds is 1. The van der Waals surface area contributed by atoms with Crippen molar-refractivity contribution in [1.82, 2.24) is 4.90 Å². The van der Waals surface area contributed by atoms with Gasteiger partial charge in [0.1, 0.15) is 6.07 Å². The molecule has 0 radical (unpaired) electrons. The molecule has 1 aliphatic heterocycles. The third-order valence-corrected chi connectivity index (χ3v) is 13.9. The van der Waals surface area contributed by atoms with E-state index in [0.717, 1.165) is 50.5 Å². The number of nitrogens with zero attached hydrogens (tertiary/aromatic N) is 2. The number of hydrogen-bond donors (Lipinski definition) is 0. The average Bonchev–Trinajstić information content (AvgIpc) is 2.92. The zero-order valence-corrected chi connectivity index (χ0v) is 26.8. The van der Waals surface area contributed by atoms with Crippen molar-refractivity contribution in [3.05, 3.63) is 23.3 Å². The van der Waals surface area contributed by atoms with Gasteiger partial charge < -0.3 is 9.64 Å². The van der Waals surface area contributed by atoms with Gasteiger partial charge in [-0.3, -0.25) is 14.4 Å². The van der Waals surface area contributed by atoms with E-state index in [0.29, 0.717) is 26.3 Å². The topological polar surface area (TPSA) is 87.5 Å². The maximum Gasteiger partial charge on any atom is 0.229 e. The fourth-order valence-corrected chi connectivity index (χ4v) is 11.2. The van der Waals surface area contributed by atoms with Crippen LogP contribution in [0.4, 0.5) is 0 Å². The van der Waals surface area contributed by atoms with Gasteiger partial charge in [-0.2, -0.15) is 5.26 Å². The number of hydrogen-bond acceptors (Lipinski definition) is 5. The van der Waals surface area contributed by atoms with Crippen LogP contribution in [0, 0.1) is 56.7 Å². The minimum Gasteiger partial charge on any atom is -0.378 e. The van der Waals surface area contributed by atoms with Gasteiger partial charge >= 0.3 is 0 Å². The van der Waals surface area contributed by atoms with Gasteiger partial charge in [0.2, 0.25) is 5.91 Å². The van der Waals surface area contributed by atoms with E-state index in [1.165, 1.54) is 0 Å². The summed E-state index contributed by atoms with van der Waals surface area (Å²) in [6.45, 7) is 13.5. The van der Waals surface area contributed by atoms with Gasteiger partial charge in [-0.25, -0.2) is 0 Å². The van der Waals surface area contributed by atoms with Crippen LogP contribution in [-0.2, 0) is 19.1 Å². The van der Waals surface area contributed by atoms with Crippen LogP contribution in [0.15, 0.2) is 23.3 Å². The minimum atomic E-state index is -0.502. The van der Waals surface area contributed by atoms with Gasteiger partial charge in [-0.15, -0.1) is 0 Å². The second-order valence-corrected chi connectivity index (χ2v) is 17.3. The predicted octanol–water partition coefficient (Wildman–Crippen LogP) is 5.84. The van der Waals surface area contributed by atoms with Crippen molar-refractivity contribution in [2.75, 3.05) is 26.3 Å². The summed E-state index contributed by atoms with van der Waals surface area (Å²) in [5.41, 5.74) is -0.185. The maximum absolute atomic E-state index is 14.6. The lowest BCUT2D eigenvalue weighted by Gasteiger charge is -2.68. The summed E-state index contributed by atoms with van der Waals surface area (Å²) < 4.78 is 5.62. The Labute approximate surface area is 252 Å². The van der Waals surface area contributed by atoms with Crippen LogP contribution in [0.3, 0.4) is 0 Å². The molecule has 7 heteroatoms. The standard InChI is InChI=1S/C33H43IN2O4/c1-20-22-6-7-31(4)25(30(22,3)17-21(19-35)27(20)38)16-24(37)26-23-18-29(2,34)8-10-33(23,11-9-32(26,31)5)28(39)36-12-14-40-15-13-36/h16-17,20,22-23,26H,6-15,18H2,1-5H3/t20-,22-,23?,26?,29?,30-,31+,32+,33-/m0/s1. The number of fused-ring (bicyclic) bond motifs is 7. The Morgan fingerprint density at radius 2 is 1.73 bits per heavy atom. The molecule has 0 aromatic rings. The number of Topliss-reactive ketones (excluding diaryl/α,β-unsaturated/α-hetero) is 1. The maximum atomic E-state index is 14.6. The molecule has 4 fully saturated rings. The third kappa shape index (κ3) is 3.69. The van der Waals surface area contributed by atoms with Crippen LogP contribution in [0.1, 0.15) is 79.6 Å². The highest BCUT2D eigenvalue weighted by Gasteiger charge is 2.70. The van der Waals surface area contributed by atoms with E-state index in [1.807, 2.05) is 24.0 Å². The lowest BCUT2D eigenvalue weighted by molar-refractivity contribution is -0.180. The number of allylic oxidation sites excluding steroid dienone is 4. The summed E-state index contributed by atoms with van der Waals surface area (Å²) in [7, 11) is 0. The fourth-order valence-electron chi connectivity index (χ4n) is 10.5. The Morgan fingerprint density at radius 1 is 1.05 bits per heavy atom. The normalized spacial score (nSPS) is 48.5. The molecule has 3 unspecified atom stereocenters. The van der Waals surface area contributed by atoms with Crippen LogP contribution < -0.4 is 0 Å². The highest BCUT2D eigenvalue weighted by Crippen LogP contribution is 2.73. The van der Waals surface area contributed by atoms with E-state index in [2.05, 4.69) is 56.4 Å². The lowest BCUT2D eigenvalue weighted by Crippen LogP contribution is -2.67. The van der Waals surface area contributed by atoms with Crippen molar-refractivity contribution in [2.45, 2.75) is 83.0 Å². The van der Waals surface area contributed by atoms with Crippen molar-refractivity contribution < 1.29 is 19.1 Å². The number of carbonyl (C=O) groups excluding carboxylic acids is 3. The zero-order valence-electron chi connectivity index (χ0n) is 24.6. The molecule has 0 aromatic carbocycles. The number of carbonyl (C=O) groups is 3. The fraction of sp³-hybridized carbons (Fsp3) is 0.758. The van der Waals surface area contributed by atoms with E-state index in [-0.39, 0.29) is 61.0 Å². The smallest absolute Gasteiger partial charge is 0.229 e. The number of morpholine rings is 1. The van der Waals surface area contributed by atoms with E-state index in [1.54, 1.807) is 0 Å². The van der Waals surface area contributed by atoms with Crippen LogP contribution in [0.2, 0.25) is 0 Å². The Morgan fingerprint density at radius 3 is 2.40 bits per heavy atom. The van der Waals surface area contributed by atoms with Crippen LogP contribution >= 0.6 is 22.6 Å². The SMILES string of the molecule is C[C@@H]1C(=O)C(C#N)=C[C@]2(C)C3=CC(=O)C4C5CC(C)(I)CC[C@]5(C(=O)N5CCOCC5)CC[C@@]4(C)[C@]3(C)CC[C@@H]12. The third-order valence-electron chi connectivity index (χ3n) is 13.0. The van der Waals surface area contributed by atoms with Crippen LogP contribution in [0.25, 0.3) is 0 Å². The first kappa shape index (κ1) is 28.6. The number of ketones is 2. The molecule has 3 saturated carbocycles. The van der Waals surface area contributed by atoms with Gasteiger partial charge in [0, 0.05) is 33.8 Å². The van der Waals surface area contributed by atoms with Gasteiger partial charge in [0.05, 0.1) is 24.2 Å². The van der Waals surface area contributed by atoms with Crippen LogP contribution in [0.5, 0.6) is 0 Å². The molecule has 216 valence electrons. The van der Waals surface area contributed by atoms with Crippen molar-refractivity contribution in [3.8, 4) is 6.07 Å². The number of halogens is 1. The van der Waals surface area contributed by atoms with Crippen molar-refractivity contribution in [3.63, 3.8) is 0 Å². The van der Waals surface area contributed by atoms with E-state index in [9.17, 15) is 19.6 Å². The minimum absolute atomic E-state index is 0.00182. The number of nitriles is 1. The molecule has 0 bridgehead atoms. The molecular weight excluding hydrogens is 615 g/mol. The first-order valence-electron chi connectivity index (χ1n) is 15.2.